The van der Waals surface area contributed by atoms with Gasteiger partial charge in [-0.2, -0.15) is 0 Å². The van der Waals surface area contributed by atoms with Crippen molar-refractivity contribution in [3.05, 3.63) is 47.1 Å². The summed E-state index contributed by atoms with van der Waals surface area (Å²) in [4.78, 5) is 26.4. The highest BCUT2D eigenvalue weighted by Gasteiger charge is 2.61. The molecule has 0 saturated carbocycles. The van der Waals surface area contributed by atoms with E-state index < -0.39 is 41.6 Å². The van der Waals surface area contributed by atoms with Gasteiger partial charge in [0, 0.05) is 25.7 Å². The van der Waals surface area contributed by atoms with Crippen molar-refractivity contribution in [3.8, 4) is 0 Å². The van der Waals surface area contributed by atoms with E-state index >= 15 is 0 Å². The molecule has 5 rings (SSSR count). The molecule has 0 radical (unpaired) electrons. The van der Waals surface area contributed by atoms with E-state index in [2.05, 4.69) is 39.8 Å². The molecule has 4 heterocycles. The van der Waals surface area contributed by atoms with Crippen molar-refractivity contribution in [2.24, 2.45) is 17.8 Å². The van der Waals surface area contributed by atoms with Crippen LogP contribution in [0.4, 0.5) is 0 Å². The Morgan fingerprint density at radius 2 is 1.95 bits per heavy atom. The number of esters is 2. The molecule has 1 N–H and O–H groups in total. The van der Waals surface area contributed by atoms with Gasteiger partial charge in [-0.1, -0.05) is 63.6 Å². The van der Waals surface area contributed by atoms with E-state index in [1.807, 2.05) is 19.1 Å². The average Bonchev–Trinajstić information content (AvgIpc) is 3.30. The molecular formula is C35H50O8. The lowest BCUT2D eigenvalue weighted by molar-refractivity contribution is -0.335. The van der Waals surface area contributed by atoms with Crippen LogP contribution in [-0.2, 0) is 33.3 Å². The first-order chi connectivity index (χ1) is 20.5. The summed E-state index contributed by atoms with van der Waals surface area (Å²) in [5.74, 6) is -2.02. The first kappa shape index (κ1) is 32.1. The second-order valence-electron chi connectivity index (χ2n) is 13.5. The van der Waals surface area contributed by atoms with Crippen molar-refractivity contribution < 1.29 is 38.4 Å². The quantitative estimate of drug-likeness (QED) is 0.317. The predicted molar refractivity (Wildman–Crippen MR) is 162 cm³/mol. The van der Waals surface area contributed by atoms with Crippen LogP contribution in [0.5, 0.6) is 0 Å². The van der Waals surface area contributed by atoms with Crippen LogP contribution in [0.3, 0.4) is 0 Å². The van der Waals surface area contributed by atoms with Gasteiger partial charge in [0.25, 0.3) is 0 Å². The molecule has 0 aromatic heterocycles. The summed E-state index contributed by atoms with van der Waals surface area (Å²) in [5, 5.41) is 12.4. The lowest BCUT2D eigenvalue weighted by atomic mass is 9.70. The van der Waals surface area contributed by atoms with Crippen molar-refractivity contribution in [1.82, 2.24) is 0 Å². The van der Waals surface area contributed by atoms with Crippen molar-refractivity contribution in [2.45, 2.75) is 135 Å². The lowest BCUT2D eigenvalue weighted by Crippen LogP contribution is -2.59. The Labute approximate surface area is 256 Å². The fourth-order valence-corrected chi connectivity index (χ4v) is 7.59. The molecule has 2 bridgehead atoms. The van der Waals surface area contributed by atoms with Crippen molar-refractivity contribution in [2.75, 3.05) is 6.61 Å². The van der Waals surface area contributed by atoms with Crippen LogP contribution in [0.1, 0.15) is 92.9 Å². The van der Waals surface area contributed by atoms with E-state index in [4.69, 9.17) is 23.7 Å². The summed E-state index contributed by atoms with van der Waals surface area (Å²) in [6.07, 6.45) is 13.0. The van der Waals surface area contributed by atoms with Crippen LogP contribution in [0.25, 0.3) is 0 Å². The third kappa shape index (κ3) is 6.58. The number of carbonyl (C=O) groups is 2. The molecule has 3 fully saturated rings. The van der Waals surface area contributed by atoms with E-state index in [-0.39, 0.29) is 37.1 Å². The lowest BCUT2D eigenvalue weighted by Gasteiger charge is -2.50. The topological polar surface area (TPSA) is 101 Å². The zero-order chi connectivity index (χ0) is 30.9. The van der Waals surface area contributed by atoms with E-state index in [0.29, 0.717) is 36.3 Å². The Balaban J connectivity index is 1.52. The third-order valence-corrected chi connectivity index (χ3v) is 10.0. The van der Waals surface area contributed by atoms with Gasteiger partial charge in [0.2, 0.25) is 0 Å². The summed E-state index contributed by atoms with van der Waals surface area (Å²) >= 11 is 0. The Morgan fingerprint density at radius 1 is 1.16 bits per heavy atom. The maximum atomic E-state index is 14.1. The Bertz CT molecular complexity index is 1180. The Morgan fingerprint density at radius 3 is 2.70 bits per heavy atom. The molecule has 4 aliphatic heterocycles. The van der Waals surface area contributed by atoms with Crippen LogP contribution < -0.4 is 0 Å². The molecule has 0 aromatic carbocycles. The minimum absolute atomic E-state index is 0.0862. The Kier molecular flexibility index (Phi) is 9.72. The molecular weight excluding hydrogens is 548 g/mol. The summed E-state index contributed by atoms with van der Waals surface area (Å²) in [7, 11) is 0. The molecule has 0 aromatic rings. The van der Waals surface area contributed by atoms with Gasteiger partial charge in [0.1, 0.15) is 23.7 Å². The van der Waals surface area contributed by atoms with E-state index in [9.17, 15) is 14.7 Å². The highest BCUT2D eigenvalue weighted by molar-refractivity contribution is 5.79. The van der Waals surface area contributed by atoms with Crippen molar-refractivity contribution in [3.63, 3.8) is 0 Å². The highest BCUT2D eigenvalue weighted by Crippen LogP contribution is 2.48. The number of allylic oxidation sites excluding steroid dienone is 4. The minimum Gasteiger partial charge on any atom is -0.462 e. The van der Waals surface area contributed by atoms with Crippen LogP contribution in [0, 0.1) is 17.8 Å². The molecule has 3 saturated heterocycles. The molecule has 5 aliphatic rings. The smallest absolute Gasteiger partial charge is 0.316 e. The van der Waals surface area contributed by atoms with Crippen LogP contribution >= 0.6 is 0 Å². The fourth-order valence-electron chi connectivity index (χ4n) is 7.59. The van der Waals surface area contributed by atoms with Crippen LogP contribution in [0.15, 0.2) is 47.1 Å². The molecule has 238 valence electrons. The predicted octanol–water partition coefficient (Wildman–Crippen LogP) is 5.89. The minimum atomic E-state index is -1.72. The largest absolute Gasteiger partial charge is 0.462 e. The standard InChI is InChI=1S/C35H50O8/c1-7-29-23(5)14-15-34(43-29)19-27-18-26(42-34)13-12-22(4)16-21(3)10-9-11-25-20-39-32-31(41-30(36)8-2)24(6)17-28(33(37)40-27)35(25,32)38/h9-12,17,21,23,26-29,31-32,38H,7-8,13-16,18-20H2,1-6H3/b10-9+,22-12+,25-11+/t21-,23-,26+,27-,28-,29+,31+,32+,34+,35+/m0/s1. The number of carbonyl (C=O) groups excluding carboxylic acids is 2. The molecule has 0 amide bonds. The van der Waals surface area contributed by atoms with E-state index in [0.717, 1.165) is 25.7 Å². The summed E-state index contributed by atoms with van der Waals surface area (Å²) in [6, 6.07) is 0. The van der Waals surface area contributed by atoms with Crippen LogP contribution in [-0.4, -0.2) is 65.6 Å². The van der Waals surface area contributed by atoms with Gasteiger partial charge in [-0.25, -0.2) is 0 Å². The zero-order valence-electron chi connectivity index (χ0n) is 26.7. The number of aliphatic hydroxyl groups is 1. The van der Waals surface area contributed by atoms with Crippen LogP contribution in [0.2, 0.25) is 0 Å². The summed E-state index contributed by atoms with van der Waals surface area (Å²) in [5.41, 5.74) is 0.785. The molecule has 43 heavy (non-hydrogen) atoms. The molecule has 0 unspecified atom stereocenters. The SMILES string of the molecule is CCC(=O)O[C@@H]1C(C)=C[C@H]2C(=O)O[C@H]3C[C@@H](C/C=C(\C)C[C@@H](C)/C=C/C=C4\CO[C@H]1[C@@]42O)O[C@@]1(CC[C@H](C)[C@@H](CC)O1)C3. The van der Waals surface area contributed by atoms with Crippen molar-refractivity contribution >= 4 is 11.9 Å². The summed E-state index contributed by atoms with van der Waals surface area (Å²) < 4.78 is 31.5. The van der Waals surface area contributed by atoms with Gasteiger partial charge < -0.3 is 28.8 Å². The number of hydrogen-bond donors (Lipinski definition) is 1. The second kappa shape index (κ2) is 13.0. The first-order valence-corrected chi connectivity index (χ1v) is 16.3. The van der Waals surface area contributed by atoms with Gasteiger partial charge >= 0.3 is 11.9 Å². The van der Waals surface area contributed by atoms with Gasteiger partial charge in [0.05, 0.1) is 18.8 Å². The maximum absolute atomic E-state index is 14.1. The number of ether oxygens (including phenoxy) is 5. The first-order valence-electron chi connectivity index (χ1n) is 16.3. The maximum Gasteiger partial charge on any atom is 0.316 e. The number of hydrogen-bond acceptors (Lipinski definition) is 8. The highest BCUT2D eigenvalue weighted by atomic mass is 16.7. The van der Waals surface area contributed by atoms with Gasteiger partial charge in [0.15, 0.2) is 11.9 Å². The molecule has 1 spiro atoms. The number of fused-ring (bicyclic) bond motifs is 2. The monoisotopic (exact) mass is 598 g/mol. The summed E-state index contributed by atoms with van der Waals surface area (Å²) in [6.45, 7) is 12.3. The average molecular weight is 599 g/mol. The normalized spacial score (nSPS) is 45.1. The third-order valence-electron chi connectivity index (χ3n) is 10.0. The second-order valence-corrected chi connectivity index (χ2v) is 13.5. The zero-order valence-corrected chi connectivity index (χ0v) is 26.7. The molecule has 8 heteroatoms. The van der Waals surface area contributed by atoms with Gasteiger partial charge in [-0.15, -0.1) is 0 Å². The van der Waals surface area contributed by atoms with Crippen molar-refractivity contribution in [1.29, 1.82) is 0 Å². The molecule has 1 aliphatic carbocycles. The van der Waals surface area contributed by atoms with Gasteiger partial charge in [-0.05, 0) is 62.5 Å². The molecule has 10 atom stereocenters. The molecule has 8 nitrogen and oxygen atoms in total. The van der Waals surface area contributed by atoms with Gasteiger partial charge in [-0.3, -0.25) is 9.59 Å². The Hall–Kier alpha value is -2.26. The fraction of sp³-hybridized carbons (Fsp3) is 0.714. The van der Waals surface area contributed by atoms with E-state index in [1.165, 1.54) is 5.57 Å². The van der Waals surface area contributed by atoms with E-state index in [1.54, 1.807) is 13.0 Å². The number of rotatable bonds is 3.